The topological polar surface area (TPSA) is 0 Å². The van der Waals surface area contributed by atoms with Gasteiger partial charge < -0.3 is 0 Å². The molecule has 0 saturated carbocycles. The Balaban J connectivity index is 2.08. The maximum Gasteiger partial charge on any atom is 0.150 e. The lowest BCUT2D eigenvalue weighted by molar-refractivity contribution is 1.22. The molecule has 0 aromatic heterocycles. The molecule has 4 fully saturated rings. The van der Waals surface area contributed by atoms with Gasteiger partial charge in [-0.1, -0.05) is 18.8 Å². The van der Waals surface area contributed by atoms with Gasteiger partial charge in [0.25, 0.3) is 0 Å². The van der Waals surface area contributed by atoms with E-state index in [0.29, 0.717) is 0 Å². The molecule has 0 unspecified atom stereocenters. The van der Waals surface area contributed by atoms with Gasteiger partial charge in [0.2, 0.25) is 0 Å². The summed E-state index contributed by atoms with van der Waals surface area (Å²) in [7, 11) is -4.38. The molecule has 6 heteroatoms. The summed E-state index contributed by atoms with van der Waals surface area (Å²) in [5.41, 5.74) is 9.20. The highest BCUT2D eigenvalue weighted by Gasteiger charge is 2.68. The highest BCUT2D eigenvalue weighted by molar-refractivity contribution is 7.48. The Morgan fingerprint density at radius 2 is 1.00 bits per heavy atom. The summed E-state index contributed by atoms with van der Waals surface area (Å²) >= 11 is 13.9. The smallest absolute Gasteiger partial charge is 0.150 e. The average molecular weight is 297 g/mol. The van der Waals surface area contributed by atoms with E-state index >= 15 is 0 Å². The summed E-state index contributed by atoms with van der Waals surface area (Å²) in [6.07, 6.45) is 0. The first-order valence-corrected chi connectivity index (χ1v) is 19.1. The normalized spacial score (nSPS) is 66.0. The minimum atomic E-state index is -1.29. The van der Waals surface area contributed by atoms with Gasteiger partial charge in [0.05, 0.1) is 0 Å². The molecule has 0 N–H and O–H groups in total. The minimum Gasteiger partial charge on any atom is -0.168 e. The first-order valence-electron chi connectivity index (χ1n) is 5.62. The van der Waals surface area contributed by atoms with E-state index in [9.17, 15) is 0 Å². The summed E-state index contributed by atoms with van der Waals surface area (Å²) in [6, 6.07) is 0. The number of hydrogen-bond donors (Lipinski definition) is 0. The van der Waals surface area contributed by atoms with E-state index in [0.717, 1.165) is 0 Å². The predicted molar refractivity (Wildman–Crippen MR) is 75.3 cm³/mol. The maximum atomic E-state index is 6.96. The second kappa shape index (κ2) is 2.64. The Hall–Kier alpha value is 1.45. The standard InChI is InChI=1S/C8H18Cl2Si4/c1-11-3-12(2)6-13(9,4-11)8-14(10,5-11)7-12/h3-8H2,1-2H3. The van der Waals surface area contributed by atoms with Crippen molar-refractivity contribution in [2.24, 2.45) is 0 Å². The van der Waals surface area contributed by atoms with Crippen LogP contribution >= 0.6 is 22.2 Å². The van der Waals surface area contributed by atoms with Crippen LogP contribution < -0.4 is 0 Å². The number of halogens is 2. The van der Waals surface area contributed by atoms with E-state index in [4.69, 9.17) is 22.2 Å². The van der Waals surface area contributed by atoms with Crippen molar-refractivity contribution in [2.45, 2.75) is 47.1 Å². The van der Waals surface area contributed by atoms with Crippen LogP contribution in [0.3, 0.4) is 0 Å². The lowest BCUT2D eigenvalue weighted by Crippen LogP contribution is -2.73. The van der Waals surface area contributed by atoms with Crippen molar-refractivity contribution in [1.29, 1.82) is 0 Å². The molecule has 0 aromatic carbocycles. The fourth-order valence-corrected chi connectivity index (χ4v) is 79.0. The molecule has 0 atom stereocenters. The summed E-state index contributed by atoms with van der Waals surface area (Å²) in [6.45, 7) is 5.26. The van der Waals surface area contributed by atoms with Gasteiger partial charge in [0, 0.05) is 16.1 Å². The molecule has 0 aliphatic carbocycles. The third-order valence-corrected chi connectivity index (χ3v) is 47.4. The predicted octanol–water partition coefficient (Wildman–Crippen LogP) is 3.79. The van der Waals surface area contributed by atoms with E-state index in [1.54, 1.807) is 5.67 Å². The van der Waals surface area contributed by atoms with Gasteiger partial charge in [-0.05, 0) is 28.3 Å². The molecule has 80 valence electrons. The van der Waals surface area contributed by atoms with Crippen LogP contribution in [-0.4, -0.2) is 30.9 Å². The van der Waals surface area contributed by atoms with Crippen molar-refractivity contribution in [3.63, 3.8) is 0 Å². The number of hydrogen-bond acceptors (Lipinski definition) is 0. The summed E-state index contributed by atoms with van der Waals surface area (Å²) in [5, 5.41) is 0. The molecule has 4 aliphatic rings. The molecule has 4 aliphatic heterocycles. The van der Waals surface area contributed by atoms with Gasteiger partial charge in [-0.15, -0.1) is 0 Å². The largest absolute Gasteiger partial charge is 0.168 e. The van der Waals surface area contributed by atoms with Crippen LogP contribution in [0.1, 0.15) is 0 Å². The molecular formula is C8H18Cl2Si4. The van der Waals surface area contributed by atoms with Gasteiger partial charge in [-0.25, -0.2) is 0 Å². The monoisotopic (exact) mass is 296 g/mol. The molecule has 0 spiro atoms. The fraction of sp³-hybridized carbons (Fsp3) is 1.00. The van der Waals surface area contributed by atoms with E-state index in [1.807, 2.05) is 0 Å². The first-order chi connectivity index (χ1) is 6.24. The van der Waals surface area contributed by atoms with Gasteiger partial charge in [-0.3, -0.25) is 0 Å². The van der Waals surface area contributed by atoms with Gasteiger partial charge in [0.1, 0.15) is 14.8 Å². The van der Waals surface area contributed by atoms with E-state index in [-0.39, 0.29) is 0 Å². The summed E-state index contributed by atoms with van der Waals surface area (Å²) < 4.78 is 0. The number of rotatable bonds is 0. The lowest BCUT2D eigenvalue weighted by Gasteiger charge is -2.63. The zero-order valence-electron chi connectivity index (χ0n) is 9.00. The molecule has 0 radical (unpaired) electrons. The Labute approximate surface area is 99.8 Å². The van der Waals surface area contributed by atoms with E-state index in [2.05, 4.69) is 13.1 Å². The SMILES string of the molecule is C[Si]12C[Si]3(C)C[Si](Cl)(C1)C[Si](Cl)(C2)C3. The van der Waals surface area contributed by atoms with Gasteiger partial charge in [-0.2, -0.15) is 22.2 Å². The zero-order chi connectivity index (χ0) is 10.2. The third kappa shape index (κ3) is 1.49. The summed E-state index contributed by atoms with van der Waals surface area (Å²) in [4.78, 5) is 0. The first kappa shape index (κ1) is 10.6. The second-order valence-electron chi connectivity index (χ2n) is 6.98. The molecule has 0 amide bonds. The van der Waals surface area contributed by atoms with Crippen molar-refractivity contribution < 1.29 is 0 Å². The Morgan fingerprint density at radius 1 is 0.643 bits per heavy atom. The van der Waals surface area contributed by atoms with Crippen LogP contribution in [0.15, 0.2) is 0 Å². The highest BCUT2D eigenvalue weighted by atomic mass is 35.6. The molecule has 4 bridgehead atoms. The zero-order valence-corrected chi connectivity index (χ0v) is 14.5. The van der Waals surface area contributed by atoms with E-state index in [1.165, 1.54) is 28.3 Å². The lowest BCUT2D eigenvalue weighted by atomic mass is 11.6. The van der Waals surface area contributed by atoms with Crippen molar-refractivity contribution in [3.05, 3.63) is 0 Å². The van der Waals surface area contributed by atoms with Crippen LogP contribution in [0.4, 0.5) is 0 Å². The van der Waals surface area contributed by atoms with Crippen LogP contribution in [-0.2, 0) is 0 Å². The van der Waals surface area contributed by atoms with Crippen LogP contribution in [0.5, 0.6) is 0 Å². The van der Waals surface area contributed by atoms with Crippen LogP contribution in [0, 0.1) is 0 Å². The Morgan fingerprint density at radius 3 is 1.29 bits per heavy atom. The van der Waals surface area contributed by atoms with Gasteiger partial charge in [0.15, 0.2) is 0 Å². The van der Waals surface area contributed by atoms with Crippen LogP contribution in [0.25, 0.3) is 0 Å². The molecular weight excluding hydrogens is 279 g/mol. The molecule has 4 saturated heterocycles. The fourth-order valence-electron chi connectivity index (χ4n) is 5.41. The maximum absolute atomic E-state index is 6.96. The van der Waals surface area contributed by atoms with Crippen molar-refractivity contribution in [2.75, 3.05) is 0 Å². The minimum absolute atomic E-state index is 0.896. The quantitative estimate of drug-likeness (QED) is 0.471. The Bertz CT molecular complexity index is 212. The van der Waals surface area contributed by atoms with Crippen LogP contribution in [0.2, 0.25) is 47.1 Å². The average Bonchev–Trinajstić information content (AvgIpc) is 1.67. The van der Waals surface area contributed by atoms with Crippen molar-refractivity contribution in [1.82, 2.24) is 0 Å². The molecule has 0 nitrogen and oxygen atoms in total. The van der Waals surface area contributed by atoms with E-state index < -0.39 is 30.9 Å². The molecule has 0 aromatic rings. The van der Waals surface area contributed by atoms with Gasteiger partial charge >= 0.3 is 0 Å². The molecule has 4 rings (SSSR count). The van der Waals surface area contributed by atoms with Crippen molar-refractivity contribution in [3.8, 4) is 0 Å². The third-order valence-electron chi connectivity index (χ3n) is 4.46. The van der Waals surface area contributed by atoms with Crippen molar-refractivity contribution >= 4 is 53.1 Å². The second-order valence-corrected chi connectivity index (χ2v) is 32.1. The highest BCUT2D eigenvalue weighted by Crippen LogP contribution is 2.61. The summed E-state index contributed by atoms with van der Waals surface area (Å²) in [5.74, 6) is 0. The Kier molecular flexibility index (Phi) is 2.00. The molecule has 4 heterocycles. The molecule has 14 heavy (non-hydrogen) atoms.